The molecule has 1 aromatic rings. The van der Waals surface area contributed by atoms with E-state index in [2.05, 4.69) is 22.4 Å². The molecule has 0 bridgehead atoms. The number of rotatable bonds is 4. The number of H-pyrrole nitrogens is 1. The third kappa shape index (κ3) is 2.43. The van der Waals surface area contributed by atoms with E-state index in [-0.39, 0.29) is 11.8 Å². The van der Waals surface area contributed by atoms with Gasteiger partial charge in [-0.2, -0.15) is 5.10 Å². The minimum absolute atomic E-state index is 0.182. The zero-order valence-electron chi connectivity index (χ0n) is 10.6. The predicted molar refractivity (Wildman–Crippen MR) is 66.8 cm³/mol. The van der Waals surface area contributed by atoms with E-state index >= 15 is 0 Å². The molecule has 0 saturated heterocycles. The van der Waals surface area contributed by atoms with E-state index < -0.39 is 0 Å². The number of nitrogens with zero attached hydrogens (tertiary/aromatic N) is 1. The van der Waals surface area contributed by atoms with Crippen LogP contribution in [-0.2, 0) is 0 Å². The van der Waals surface area contributed by atoms with Crippen molar-refractivity contribution in [3.8, 4) is 0 Å². The summed E-state index contributed by atoms with van der Waals surface area (Å²) < 4.78 is 0. The molecule has 1 aliphatic carbocycles. The summed E-state index contributed by atoms with van der Waals surface area (Å²) >= 11 is 0. The summed E-state index contributed by atoms with van der Waals surface area (Å²) in [5.74, 6) is 0.0591. The van der Waals surface area contributed by atoms with Crippen LogP contribution in [0.25, 0.3) is 0 Å². The van der Waals surface area contributed by atoms with Crippen LogP contribution >= 0.6 is 0 Å². The Morgan fingerprint density at radius 2 is 2.24 bits per heavy atom. The standard InChI is InChI=1S/C12H20N4O/c1-7(2)9-8(13)10(16-15-9)11(17)14-6-12(3)4-5-12/h7H,4-6,13H2,1-3H3,(H,14,17)(H,15,16). The van der Waals surface area contributed by atoms with Crippen LogP contribution in [0.15, 0.2) is 0 Å². The van der Waals surface area contributed by atoms with Crippen molar-refractivity contribution in [1.29, 1.82) is 0 Å². The first kappa shape index (κ1) is 12.0. The molecule has 0 aliphatic heterocycles. The van der Waals surface area contributed by atoms with Gasteiger partial charge in [0.15, 0.2) is 5.69 Å². The van der Waals surface area contributed by atoms with Gasteiger partial charge in [-0.05, 0) is 24.2 Å². The molecule has 94 valence electrons. The summed E-state index contributed by atoms with van der Waals surface area (Å²) in [7, 11) is 0. The van der Waals surface area contributed by atoms with E-state index in [0.717, 1.165) is 5.69 Å². The largest absolute Gasteiger partial charge is 0.395 e. The van der Waals surface area contributed by atoms with E-state index in [1.807, 2.05) is 13.8 Å². The molecule has 17 heavy (non-hydrogen) atoms. The summed E-state index contributed by atoms with van der Waals surface area (Å²) in [6.45, 7) is 6.89. The second kappa shape index (κ2) is 4.05. The number of aromatic amines is 1. The Morgan fingerprint density at radius 1 is 1.59 bits per heavy atom. The number of nitrogens with two attached hydrogens (primary N) is 1. The van der Waals surface area contributed by atoms with Gasteiger partial charge in [-0.1, -0.05) is 20.8 Å². The van der Waals surface area contributed by atoms with Crippen molar-refractivity contribution in [2.24, 2.45) is 5.41 Å². The zero-order valence-corrected chi connectivity index (χ0v) is 10.6. The van der Waals surface area contributed by atoms with Crippen LogP contribution in [0.5, 0.6) is 0 Å². The van der Waals surface area contributed by atoms with Crippen LogP contribution in [0, 0.1) is 5.41 Å². The molecule has 1 amide bonds. The van der Waals surface area contributed by atoms with Crippen LogP contribution in [0.1, 0.15) is 55.7 Å². The fourth-order valence-corrected chi connectivity index (χ4v) is 1.74. The molecule has 1 fully saturated rings. The Balaban J connectivity index is 2.03. The Morgan fingerprint density at radius 3 is 2.71 bits per heavy atom. The van der Waals surface area contributed by atoms with Gasteiger partial charge < -0.3 is 11.1 Å². The fraction of sp³-hybridized carbons (Fsp3) is 0.667. The molecule has 0 unspecified atom stereocenters. The molecular weight excluding hydrogens is 216 g/mol. The second-order valence-corrected chi connectivity index (χ2v) is 5.55. The third-order valence-electron chi connectivity index (χ3n) is 3.41. The first-order valence-corrected chi connectivity index (χ1v) is 6.05. The lowest BCUT2D eigenvalue weighted by Crippen LogP contribution is -2.29. The number of nitrogens with one attached hydrogen (secondary N) is 2. The van der Waals surface area contributed by atoms with E-state index in [0.29, 0.717) is 23.3 Å². The summed E-state index contributed by atoms with van der Waals surface area (Å²) in [5, 5.41) is 9.72. The van der Waals surface area contributed by atoms with Gasteiger partial charge in [-0.15, -0.1) is 0 Å². The minimum Gasteiger partial charge on any atom is -0.395 e. The van der Waals surface area contributed by atoms with Gasteiger partial charge in [-0.25, -0.2) is 0 Å². The molecule has 2 rings (SSSR count). The van der Waals surface area contributed by atoms with Gasteiger partial charge in [0.05, 0.1) is 11.4 Å². The first-order valence-electron chi connectivity index (χ1n) is 6.05. The summed E-state index contributed by atoms with van der Waals surface area (Å²) in [5.41, 5.74) is 7.81. The van der Waals surface area contributed by atoms with E-state index in [9.17, 15) is 4.79 Å². The highest BCUT2D eigenvalue weighted by Crippen LogP contribution is 2.44. The van der Waals surface area contributed by atoms with Gasteiger partial charge in [0.1, 0.15) is 0 Å². The molecule has 0 aromatic carbocycles. The number of hydrogen-bond donors (Lipinski definition) is 3. The highest BCUT2D eigenvalue weighted by Gasteiger charge is 2.37. The average molecular weight is 236 g/mol. The number of carbonyl (C=O) groups is 1. The van der Waals surface area contributed by atoms with Crippen LogP contribution < -0.4 is 11.1 Å². The molecule has 1 saturated carbocycles. The normalized spacial score (nSPS) is 17.2. The smallest absolute Gasteiger partial charge is 0.273 e. The van der Waals surface area contributed by atoms with Crippen molar-refractivity contribution in [3.05, 3.63) is 11.4 Å². The second-order valence-electron chi connectivity index (χ2n) is 5.55. The maximum Gasteiger partial charge on any atom is 0.273 e. The van der Waals surface area contributed by atoms with E-state index in [1.54, 1.807) is 0 Å². The molecule has 4 N–H and O–H groups in total. The summed E-state index contributed by atoms with van der Waals surface area (Å²) in [6, 6.07) is 0. The molecule has 5 heteroatoms. The topological polar surface area (TPSA) is 83.8 Å². The summed E-state index contributed by atoms with van der Waals surface area (Å²) in [4.78, 5) is 11.9. The van der Waals surface area contributed by atoms with Gasteiger partial charge in [0.2, 0.25) is 0 Å². The fourth-order valence-electron chi connectivity index (χ4n) is 1.74. The van der Waals surface area contributed by atoms with E-state index in [1.165, 1.54) is 12.8 Å². The van der Waals surface area contributed by atoms with Gasteiger partial charge in [-0.3, -0.25) is 9.89 Å². The average Bonchev–Trinajstić information content (AvgIpc) is 2.86. The zero-order chi connectivity index (χ0) is 12.6. The Labute approximate surface area is 101 Å². The minimum atomic E-state index is -0.182. The molecule has 1 aliphatic rings. The molecule has 5 nitrogen and oxygen atoms in total. The van der Waals surface area contributed by atoms with Crippen LogP contribution in [0.3, 0.4) is 0 Å². The molecular formula is C12H20N4O. The van der Waals surface area contributed by atoms with Crippen LogP contribution in [0.4, 0.5) is 5.69 Å². The maximum absolute atomic E-state index is 11.9. The van der Waals surface area contributed by atoms with Crippen molar-refractivity contribution >= 4 is 11.6 Å². The lowest BCUT2D eigenvalue weighted by Gasteiger charge is -2.09. The quantitative estimate of drug-likeness (QED) is 0.743. The van der Waals surface area contributed by atoms with Crippen molar-refractivity contribution < 1.29 is 4.79 Å². The highest BCUT2D eigenvalue weighted by atomic mass is 16.1. The lowest BCUT2D eigenvalue weighted by molar-refractivity contribution is 0.0942. The Bertz CT molecular complexity index is 432. The Hall–Kier alpha value is -1.52. The molecule has 0 atom stereocenters. The Kier molecular flexibility index (Phi) is 2.85. The molecule has 1 heterocycles. The van der Waals surface area contributed by atoms with Crippen LogP contribution in [-0.4, -0.2) is 22.6 Å². The van der Waals surface area contributed by atoms with Gasteiger partial charge in [0, 0.05) is 6.54 Å². The van der Waals surface area contributed by atoms with Crippen LogP contribution in [0.2, 0.25) is 0 Å². The number of carbonyl (C=O) groups excluding carboxylic acids is 1. The molecule has 0 radical (unpaired) electrons. The van der Waals surface area contributed by atoms with Crippen molar-refractivity contribution in [1.82, 2.24) is 15.5 Å². The number of hydrogen-bond acceptors (Lipinski definition) is 3. The first-order chi connectivity index (χ1) is 7.93. The summed E-state index contributed by atoms with van der Waals surface area (Å²) in [6.07, 6.45) is 2.36. The monoisotopic (exact) mass is 236 g/mol. The predicted octanol–water partition coefficient (Wildman–Crippen LogP) is 1.65. The lowest BCUT2D eigenvalue weighted by atomic mass is 10.1. The highest BCUT2D eigenvalue weighted by molar-refractivity contribution is 5.97. The van der Waals surface area contributed by atoms with Crippen molar-refractivity contribution in [2.75, 3.05) is 12.3 Å². The molecule has 1 aromatic heterocycles. The number of nitrogen functional groups attached to an aromatic ring is 1. The molecule has 0 spiro atoms. The number of amides is 1. The van der Waals surface area contributed by atoms with Crippen molar-refractivity contribution in [2.45, 2.75) is 39.5 Å². The SMILES string of the molecule is CC(C)c1[nH]nc(C(=O)NCC2(C)CC2)c1N. The number of anilines is 1. The van der Waals surface area contributed by atoms with Crippen molar-refractivity contribution in [3.63, 3.8) is 0 Å². The number of aromatic nitrogens is 2. The van der Waals surface area contributed by atoms with Gasteiger partial charge >= 0.3 is 0 Å². The maximum atomic E-state index is 11.9. The van der Waals surface area contributed by atoms with Gasteiger partial charge in [0.25, 0.3) is 5.91 Å². The van der Waals surface area contributed by atoms with E-state index in [4.69, 9.17) is 5.73 Å². The third-order valence-corrected chi connectivity index (χ3v) is 3.41.